The molecule has 17 heavy (non-hydrogen) atoms. The standard InChI is InChI=1S/C10H8Cl2N2O2S/c11-9-6-8(7-17(12,15)16)2-3-10(9)14-5-1-4-13-14/h1-6H,7H2. The largest absolute Gasteiger partial charge is 0.239 e. The second-order valence-electron chi connectivity index (χ2n) is 3.42. The number of aromatic nitrogens is 2. The number of halogens is 2. The lowest BCUT2D eigenvalue weighted by atomic mass is 10.2. The van der Waals surface area contributed by atoms with Crippen molar-refractivity contribution in [3.63, 3.8) is 0 Å². The predicted molar refractivity (Wildman–Crippen MR) is 67.1 cm³/mol. The molecule has 0 saturated heterocycles. The molecule has 0 aliphatic rings. The van der Waals surface area contributed by atoms with Gasteiger partial charge in [-0.15, -0.1) is 0 Å². The van der Waals surface area contributed by atoms with Crippen LogP contribution in [0.15, 0.2) is 36.7 Å². The molecule has 0 fully saturated rings. The monoisotopic (exact) mass is 290 g/mol. The highest BCUT2D eigenvalue weighted by molar-refractivity contribution is 8.13. The average Bonchev–Trinajstić information content (AvgIpc) is 2.68. The zero-order chi connectivity index (χ0) is 12.5. The maximum absolute atomic E-state index is 10.9. The van der Waals surface area contributed by atoms with Crippen LogP contribution >= 0.6 is 22.3 Å². The Balaban J connectivity index is 2.36. The molecule has 0 N–H and O–H groups in total. The Hall–Kier alpha value is -1.04. The molecule has 2 rings (SSSR count). The third kappa shape index (κ3) is 3.21. The van der Waals surface area contributed by atoms with Gasteiger partial charge in [0.15, 0.2) is 0 Å². The van der Waals surface area contributed by atoms with Crippen LogP contribution in [0.25, 0.3) is 5.69 Å². The molecule has 2 aromatic rings. The van der Waals surface area contributed by atoms with Crippen molar-refractivity contribution in [2.24, 2.45) is 0 Å². The van der Waals surface area contributed by atoms with Gasteiger partial charge in [-0.25, -0.2) is 13.1 Å². The fraction of sp³-hybridized carbons (Fsp3) is 0.100. The van der Waals surface area contributed by atoms with Crippen molar-refractivity contribution in [3.05, 3.63) is 47.2 Å². The summed E-state index contributed by atoms with van der Waals surface area (Å²) >= 11 is 6.05. The fourth-order valence-corrected chi connectivity index (χ4v) is 2.68. The van der Waals surface area contributed by atoms with Crippen molar-refractivity contribution >= 4 is 31.3 Å². The van der Waals surface area contributed by atoms with E-state index >= 15 is 0 Å². The Kier molecular flexibility index (Phi) is 3.42. The van der Waals surface area contributed by atoms with Gasteiger partial charge in [-0.1, -0.05) is 17.7 Å². The summed E-state index contributed by atoms with van der Waals surface area (Å²) in [5.74, 6) is -0.242. The van der Waals surface area contributed by atoms with E-state index in [-0.39, 0.29) is 5.75 Å². The molecule has 0 saturated carbocycles. The van der Waals surface area contributed by atoms with Crippen LogP contribution in [-0.4, -0.2) is 18.2 Å². The molecular formula is C10H8Cl2N2O2S. The van der Waals surface area contributed by atoms with Crippen LogP contribution < -0.4 is 0 Å². The molecule has 0 bridgehead atoms. The van der Waals surface area contributed by atoms with Gasteiger partial charge in [-0.2, -0.15) is 5.10 Å². The molecular weight excluding hydrogens is 283 g/mol. The van der Waals surface area contributed by atoms with Gasteiger partial charge in [0, 0.05) is 23.1 Å². The Morgan fingerprint density at radius 1 is 1.35 bits per heavy atom. The lowest BCUT2D eigenvalue weighted by Crippen LogP contribution is -1.99. The van der Waals surface area contributed by atoms with Crippen LogP contribution in [0.1, 0.15) is 5.56 Å². The lowest BCUT2D eigenvalue weighted by Gasteiger charge is -2.06. The normalized spacial score (nSPS) is 11.6. The highest BCUT2D eigenvalue weighted by Crippen LogP contribution is 2.22. The van der Waals surface area contributed by atoms with E-state index < -0.39 is 9.05 Å². The number of rotatable bonds is 3. The number of benzene rings is 1. The number of hydrogen-bond donors (Lipinski definition) is 0. The van der Waals surface area contributed by atoms with E-state index in [1.54, 1.807) is 41.3 Å². The summed E-state index contributed by atoms with van der Waals surface area (Å²) in [4.78, 5) is 0. The molecule has 0 atom stereocenters. The summed E-state index contributed by atoms with van der Waals surface area (Å²) in [7, 11) is 1.60. The summed E-state index contributed by atoms with van der Waals surface area (Å²) in [6, 6.07) is 6.70. The van der Waals surface area contributed by atoms with Gasteiger partial charge in [0.1, 0.15) is 0 Å². The van der Waals surface area contributed by atoms with Crippen molar-refractivity contribution in [2.45, 2.75) is 5.75 Å². The van der Waals surface area contributed by atoms with Gasteiger partial charge in [0.05, 0.1) is 16.5 Å². The summed E-state index contributed by atoms with van der Waals surface area (Å²) in [6.45, 7) is 0. The topological polar surface area (TPSA) is 52.0 Å². The fourth-order valence-electron chi connectivity index (χ4n) is 1.44. The quantitative estimate of drug-likeness (QED) is 0.817. The van der Waals surface area contributed by atoms with E-state index in [0.717, 1.165) is 0 Å². The summed E-state index contributed by atoms with van der Waals surface area (Å²) < 4.78 is 23.5. The third-order valence-electron chi connectivity index (χ3n) is 2.10. The van der Waals surface area contributed by atoms with Crippen molar-refractivity contribution in [2.75, 3.05) is 0 Å². The second kappa shape index (κ2) is 4.68. The molecule has 0 aliphatic heterocycles. The van der Waals surface area contributed by atoms with E-state index in [4.69, 9.17) is 22.3 Å². The summed E-state index contributed by atoms with van der Waals surface area (Å²) in [5.41, 5.74) is 1.23. The minimum atomic E-state index is -3.57. The highest BCUT2D eigenvalue weighted by atomic mass is 35.7. The molecule has 0 aliphatic carbocycles. The van der Waals surface area contributed by atoms with Crippen LogP contribution in [0.5, 0.6) is 0 Å². The van der Waals surface area contributed by atoms with Gasteiger partial charge in [0.2, 0.25) is 9.05 Å². The van der Waals surface area contributed by atoms with Crippen LogP contribution in [-0.2, 0) is 14.8 Å². The molecule has 1 aromatic heterocycles. The smallest absolute Gasteiger partial charge is 0.236 e. The zero-order valence-electron chi connectivity index (χ0n) is 8.55. The Labute approximate surface area is 108 Å². The second-order valence-corrected chi connectivity index (χ2v) is 6.60. The molecule has 7 heteroatoms. The van der Waals surface area contributed by atoms with Gasteiger partial charge in [0.25, 0.3) is 0 Å². The minimum absolute atomic E-state index is 0.242. The third-order valence-corrected chi connectivity index (χ3v) is 3.41. The lowest BCUT2D eigenvalue weighted by molar-refractivity contribution is 0.609. The Morgan fingerprint density at radius 2 is 2.12 bits per heavy atom. The highest BCUT2D eigenvalue weighted by Gasteiger charge is 2.10. The molecule has 1 aromatic carbocycles. The predicted octanol–water partition coefficient (Wildman–Crippen LogP) is 2.59. The van der Waals surface area contributed by atoms with Gasteiger partial charge in [-0.3, -0.25) is 0 Å². The first kappa shape index (κ1) is 12.4. The summed E-state index contributed by atoms with van der Waals surface area (Å²) in [5, 5.41) is 4.46. The average molecular weight is 291 g/mol. The molecule has 90 valence electrons. The van der Waals surface area contributed by atoms with E-state index in [0.29, 0.717) is 16.3 Å². The van der Waals surface area contributed by atoms with E-state index in [2.05, 4.69) is 5.10 Å². The summed E-state index contributed by atoms with van der Waals surface area (Å²) in [6.07, 6.45) is 3.38. The maximum atomic E-state index is 10.9. The van der Waals surface area contributed by atoms with Gasteiger partial charge >= 0.3 is 0 Å². The molecule has 0 amide bonds. The van der Waals surface area contributed by atoms with E-state index in [9.17, 15) is 8.42 Å². The van der Waals surface area contributed by atoms with E-state index in [1.165, 1.54) is 0 Å². The van der Waals surface area contributed by atoms with Crippen molar-refractivity contribution in [3.8, 4) is 5.69 Å². The van der Waals surface area contributed by atoms with Crippen LogP contribution in [0, 0.1) is 0 Å². The zero-order valence-corrected chi connectivity index (χ0v) is 10.9. The Bertz CT molecular complexity index is 624. The molecule has 0 unspecified atom stereocenters. The first-order valence-corrected chi connectivity index (χ1v) is 7.52. The molecule has 1 heterocycles. The van der Waals surface area contributed by atoms with Gasteiger partial charge < -0.3 is 0 Å². The maximum Gasteiger partial charge on any atom is 0.236 e. The molecule has 0 spiro atoms. The van der Waals surface area contributed by atoms with Crippen LogP contribution in [0.2, 0.25) is 5.02 Å². The van der Waals surface area contributed by atoms with Crippen molar-refractivity contribution in [1.82, 2.24) is 9.78 Å². The number of nitrogens with zero attached hydrogens (tertiary/aromatic N) is 2. The van der Waals surface area contributed by atoms with Crippen molar-refractivity contribution < 1.29 is 8.42 Å². The SMILES string of the molecule is O=S(=O)(Cl)Cc1ccc(-n2cccn2)c(Cl)c1. The van der Waals surface area contributed by atoms with Crippen molar-refractivity contribution in [1.29, 1.82) is 0 Å². The Morgan fingerprint density at radius 3 is 2.65 bits per heavy atom. The molecule has 0 radical (unpaired) electrons. The van der Waals surface area contributed by atoms with E-state index in [1.807, 2.05) is 0 Å². The first-order valence-electron chi connectivity index (χ1n) is 4.66. The minimum Gasteiger partial charge on any atom is -0.239 e. The van der Waals surface area contributed by atoms with Crippen LogP contribution in [0.4, 0.5) is 0 Å². The first-order chi connectivity index (χ1) is 7.96. The van der Waals surface area contributed by atoms with Gasteiger partial charge in [-0.05, 0) is 23.8 Å². The molecule has 4 nitrogen and oxygen atoms in total. The number of hydrogen-bond acceptors (Lipinski definition) is 3. The van der Waals surface area contributed by atoms with Crippen LogP contribution in [0.3, 0.4) is 0 Å².